The first-order valence-electron chi connectivity index (χ1n) is 9.70. The minimum atomic E-state index is -0.502. The summed E-state index contributed by atoms with van der Waals surface area (Å²) in [6, 6.07) is 2.01. The molecule has 2 aliphatic heterocycles. The molecule has 1 saturated carbocycles. The van der Waals surface area contributed by atoms with E-state index in [1.807, 2.05) is 17.9 Å². The van der Waals surface area contributed by atoms with Crippen LogP contribution in [0.3, 0.4) is 0 Å². The van der Waals surface area contributed by atoms with Gasteiger partial charge in [-0.15, -0.1) is 0 Å². The number of rotatable bonds is 2. The third-order valence-corrected chi connectivity index (χ3v) is 7.78. The number of ether oxygens (including phenoxy) is 3. The summed E-state index contributed by atoms with van der Waals surface area (Å²) in [6.45, 7) is 2.84. The number of hydrogen-bond acceptors (Lipinski definition) is 5. The number of hydrogen-bond donors (Lipinski definition) is 1. The summed E-state index contributed by atoms with van der Waals surface area (Å²) >= 11 is 3.72. The zero-order chi connectivity index (χ0) is 18.9. The number of nitrogens with zero attached hydrogens (tertiary/aromatic N) is 1. The molecule has 27 heavy (non-hydrogen) atoms. The fourth-order valence-corrected chi connectivity index (χ4v) is 6.70. The standard InChI is InChI=1S/C20H24BrNO5/c1-3-26-19(24)22-7-6-20-11-4-5-14(23)18(20)27-17-15(25-2)9-12(21)10(16(17)20)8-13(11)22/h9,11,13-14,18,23H,3-8H2,1-2H3/t11-,13-,14-,18-,20-/m0/s1. The molecule has 1 spiro atoms. The Morgan fingerprint density at radius 3 is 3.04 bits per heavy atom. The van der Waals surface area contributed by atoms with Gasteiger partial charge in [-0.05, 0) is 50.2 Å². The van der Waals surface area contributed by atoms with Gasteiger partial charge in [0.1, 0.15) is 6.10 Å². The van der Waals surface area contributed by atoms with Crippen molar-refractivity contribution in [3.8, 4) is 11.5 Å². The van der Waals surface area contributed by atoms with Crippen LogP contribution in [0.2, 0.25) is 0 Å². The highest BCUT2D eigenvalue weighted by Crippen LogP contribution is 2.64. The fraction of sp³-hybridized carbons (Fsp3) is 0.650. The highest BCUT2D eigenvalue weighted by molar-refractivity contribution is 9.10. The minimum Gasteiger partial charge on any atom is -0.493 e. The average molecular weight is 438 g/mol. The second-order valence-electron chi connectivity index (χ2n) is 7.99. The van der Waals surface area contributed by atoms with Crippen molar-refractivity contribution in [2.24, 2.45) is 5.92 Å². The lowest BCUT2D eigenvalue weighted by Crippen LogP contribution is -2.67. The molecule has 2 fully saturated rings. The molecule has 146 valence electrons. The van der Waals surface area contributed by atoms with E-state index in [0.29, 0.717) is 25.3 Å². The van der Waals surface area contributed by atoms with Crippen LogP contribution < -0.4 is 9.47 Å². The smallest absolute Gasteiger partial charge is 0.410 e. The predicted octanol–water partition coefficient (Wildman–Crippen LogP) is 3.01. The number of benzene rings is 1. The molecule has 1 N–H and O–H groups in total. The van der Waals surface area contributed by atoms with Crippen molar-refractivity contribution in [3.63, 3.8) is 0 Å². The number of piperidine rings is 1. The molecular weight excluding hydrogens is 414 g/mol. The number of carbonyl (C=O) groups is 1. The van der Waals surface area contributed by atoms with E-state index < -0.39 is 6.10 Å². The van der Waals surface area contributed by atoms with Gasteiger partial charge in [-0.2, -0.15) is 0 Å². The molecule has 1 aromatic rings. The molecule has 1 amide bonds. The van der Waals surface area contributed by atoms with Crippen LogP contribution >= 0.6 is 15.9 Å². The van der Waals surface area contributed by atoms with Crippen LogP contribution in [0.25, 0.3) is 0 Å². The van der Waals surface area contributed by atoms with Gasteiger partial charge >= 0.3 is 6.09 Å². The Morgan fingerprint density at radius 1 is 1.48 bits per heavy atom. The molecule has 0 aromatic heterocycles. The van der Waals surface area contributed by atoms with Gasteiger partial charge in [-0.3, -0.25) is 0 Å². The number of halogens is 1. The summed E-state index contributed by atoms with van der Waals surface area (Å²) in [5, 5.41) is 10.8. The molecule has 0 unspecified atom stereocenters. The van der Waals surface area contributed by atoms with Gasteiger partial charge in [0.2, 0.25) is 0 Å². The van der Waals surface area contributed by atoms with Crippen LogP contribution in [0.15, 0.2) is 10.5 Å². The summed E-state index contributed by atoms with van der Waals surface area (Å²) in [7, 11) is 1.65. The van der Waals surface area contributed by atoms with E-state index in [9.17, 15) is 9.90 Å². The third-order valence-electron chi connectivity index (χ3n) is 7.07. The Bertz CT molecular complexity index is 814. The van der Waals surface area contributed by atoms with Gasteiger partial charge in [0.25, 0.3) is 0 Å². The van der Waals surface area contributed by atoms with Crippen molar-refractivity contribution in [1.29, 1.82) is 0 Å². The second-order valence-corrected chi connectivity index (χ2v) is 8.84. The van der Waals surface area contributed by atoms with Crippen LogP contribution in [0.1, 0.15) is 37.3 Å². The SMILES string of the molecule is CCOC(=O)N1CC[C@]23c4c5c(Br)cc(OC)c4O[C@H]2[C@@H](O)CC[C@H]3[C@@H]1C5. The van der Waals surface area contributed by atoms with Gasteiger partial charge in [-0.1, -0.05) is 15.9 Å². The first kappa shape index (κ1) is 17.6. The summed E-state index contributed by atoms with van der Waals surface area (Å²) in [6.07, 6.45) is 2.11. The molecule has 6 nitrogen and oxygen atoms in total. The van der Waals surface area contributed by atoms with Gasteiger partial charge in [-0.25, -0.2) is 4.79 Å². The number of aliphatic hydroxyl groups excluding tert-OH is 1. The number of carbonyl (C=O) groups excluding carboxylic acids is 1. The van der Waals surface area contributed by atoms with Crippen molar-refractivity contribution >= 4 is 22.0 Å². The highest BCUT2D eigenvalue weighted by Gasteiger charge is 2.66. The molecule has 5 atom stereocenters. The zero-order valence-corrected chi connectivity index (χ0v) is 17.1. The average Bonchev–Trinajstić information content (AvgIpc) is 2.99. The Balaban J connectivity index is 1.70. The molecule has 1 aromatic carbocycles. The number of methoxy groups -OCH3 is 1. The van der Waals surface area contributed by atoms with Gasteiger partial charge < -0.3 is 24.2 Å². The lowest BCUT2D eigenvalue weighted by Gasteiger charge is -2.58. The normalized spacial score (nSPS) is 35.3. The first-order valence-corrected chi connectivity index (χ1v) is 10.5. The van der Waals surface area contributed by atoms with Crippen LogP contribution in [-0.2, 0) is 16.6 Å². The van der Waals surface area contributed by atoms with Crippen LogP contribution in [0.5, 0.6) is 11.5 Å². The van der Waals surface area contributed by atoms with Gasteiger partial charge in [0.05, 0.1) is 19.8 Å². The maximum Gasteiger partial charge on any atom is 0.410 e. The van der Waals surface area contributed by atoms with Crippen molar-refractivity contribution in [3.05, 3.63) is 21.7 Å². The maximum atomic E-state index is 12.6. The molecular formula is C20H24BrNO5. The zero-order valence-electron chi connectivity index (χ0n) is 15.5. The topological polar surface area (TPSA) is 68.2 Å². The summed E-state index contributed by atoms with van der Waals surface area (Å²) in [5.41, 5.74) is 2.12. The van der Waals surface area contributed by atoms with Gasteiger partial charge in [0, 0.05) is 28.0 Å². The molecule has 2 bridgehead atoms. The molecule has 0 radical (unpaired) electrons. The first-order chi connectivity index (χ1) is 13.0. The maximum absolute atomic E-state index is 12.6. The van der Waals surface area contributed by atoms with Crippen molar-refractivity contribution in [2.45, 2.75) is 56.3 Å². The van der Waals surface area contributed by atoms with E-state index in [1.54, 1.807) is 7.11 Å². The quantitative estimate of drug-likeness (QED) is 0.769. The van der Waals surface area contributed by atoms with Crippen molar-refractivity contribution < 1.29 is 24.1 Å². The molecule has 7 heteroatoms. The third kappa shape index (κ3) is 2.13. The minimum absolute atomic E-state index is 0.0690. The van der Waals surface area contributed by atoms with Crippen molar-refractivity contribution in [2.75, 3.05) is 20.3 Å². The van der Waals surface area contributed by atoms with Crippen LogP contribution in [-0.4, -0.2) is 54.6 Å². The molecule has 4 aliphatic rings. The highest BCUT2D eigenvalue weighted by atomic mass is 79.9. The van der Waals surface area contributed by atoms with Crippen molar-refractivity contribution in [1.82, 2.24) is 4.90 Å². The molecule has 1 saturated heterocycles. The van der Waals surface area contributed by atoms with Crippen LogP contribution in [0.4, 0.5) is 4.79 Å². The monoisotopic (exact) mass is 437 g/mol. The number of likely N-dealkylation sites (tertiary alicyclic amines) is 1. The Morgan fingerprint density at radius 2 is 2.30 bits per heavy atom. The predicted molar refractivity (Wildman–Crippen MR) is 101 cm³/mol. The Kier molecular flexibility index (Phi) is 3.92. The van der Waals surface area contributed by atoms with E-state index in [4.69, 9.17) is 14.2 Å². The van der Waals surface area contributed by atoms with Gasteiger partial charge in [0.15, 0.2) is 11.5 Å². The Labute approximate surface area is 166 Å². The summed E-state index contributed by atoms with van der Waals surface area (Å²) in [5.74, 6) is 1.76. The summed E-state index contributed by atoms with van der Waals surface area (Å²) in [4.78, 5) is 14.5. The molecule has 2 heterocycles. The Hall–Kier alpha value is -1.47. The molecule has 2 aliphatic carbocycles. The largest absolute Gasteiger partial charge is 0.493 e. The van der Waals surface area contributed by atoms with E-state index in [1.165, 1.54) is 11.1 Å². The van der Waals surface area contributed by atoms with E-state index in [-0.39, 0.29) is 29.6 Å². The van der Waals surface area contributed by atoms with Crippen LogP contribution in [0, 0.1) is 5.92 Å². The summed E-state index contributed by atoms with van der Waals surface area (Å²) < 4.78 is 18.3. The fourth-order valence-electron chi connectivity index (χ4n) is 6.13. The lowest BCUT2D eigenvalue weighted by atomic mass is 9.51. The lowest BCUT2D eigenvalue weighted by molar-refractivity contribution is -0.0996. The second kappa shape index (κ2) is 6.01. The number of aliphatic hydroxyl groups is 1. The number of amides is 1. The van der Waals surface area contributed by atoms with E-state index in [2.05, 4.69) is 15.9 Å². The van der Waals surface area contributed by atoms with E-state index >= 15 is 0 Å². The molecule has 5 rings (SSSR count). The van der Waals surface area contributed by atoms with E-state index in [0.717, 1.165) is 29.5 Å².